The third-order valence-electron chi connectivity index (χ3n) is 2.47. The molecule has 17 heavy (non-hydrogen) atoms. The molecular formula is C11H12N4O2. The molecule has 0 bridgehead atoms. The summed E-state index contributed by atoms with van der Waals surface area (Å²) in [5, 5.41) is 20.1. The van der Waals surface area contributed by atoms with Crippen molar-refractivity contribution in [3.05, 3.63) is 41.2 Å². The first-order valence-corrected chi connectivity index (χ1v) is 5.28. The van der Waals surface area contributed by atoms with Crippen LogP contribution in [0.15, 0.2) is 24.3 Å². The topological polar surface area (TPSA) is 80.9 Å². The molecular weight excluding hydrogens is 220 g/mol. The number of aryl methyl sites for hydroxylation is 1. The van der Waals surface area contributed by atoms with Gasteiger partial charge in [-0.25, -0.2) is 9.48 Å². The summed E-state index contributed by atoms with van der Waals surface area (Å²) in [6.07, 6.45) is 0.598. The number of carboxylic acid groups (broad SMARTS) is 1. The van der Waals surface area contributed by atoms with E-state index in [4.69, 9.17) is 5.11 Å². The summed E-state index contributed by atoms with van der Waals surface area (Å²) < 4.78 is 1.71. The Hall–Kier alpha value is -2.24. The molecule has 6 nitrogen and oxygen atoms in total. The van der Waals surface area contributed by atoms with Crippen LogP contribution in [0, 0.1) is 0 Å². The fourth-order valence-electron chi connectivity index (χ4n) is 1.54. The van der Waals surface area contributed by atoms with E-state index >= 15 is 0 Å². The van der Waals surface area contributed by atoms with Crippen molar-refractivity contribution in [3.8, 4) is 0 Å². The van der Waals surface area contributed by atoms with Gasteiger partial charge in [-0.2, -0.15) is 0 Å². The smallest absolute Gasteiger partial charge is 0.335 e. The molecule has 0 amide bonds. The summed E-state index contributed by atoms with van der Waals surface area (Å²) in [5.74, 6) is -0.148. The molecule has 2 aromatic rings. The number of aromatic carboxylic acids is 1. The predicted molar refractivity (Wildman–Crippen MR) is 59.7 cm³/mol. The van der Waals surface area contributed by atoms with Crippen LogP contribution < -0.4 is 0 Å². The third-order valence-corrected chi connectivity index (χ3v) is 2.47. The van der Waals surface area contributed by atoms with Crippen LogP contribution in [0.4, 0.5) is 0 Å². The minimum Gasteiger partial charge on any atom is -0.478 e. The quantitative estimate of drug-likeness (QED) is 0.849. The van der Waals surface area contributed by atoms with Crippen LogP contribution in [0.3, 0.4) is 0 Å². The van der Waals surface area contributed by atoms with Gasteiger partial charge in [0.1, 0.15) is 0 Å². The van der Waals surface area contributed by atoms with Crippen LogP contribution in [-0.4, -0.2) is 31.3 Å². The molecule has 0 aliphatic rings. The Labute approximate surface area is 97.9 Å². The van der Waals surface area contributed by atoms with E-state index in [1.165, 1.54) is 0 Å². The molecule has 0 aliphatic carbocycles. The van der Waals surface area contributed by atoms with Gasteiger partial charge in [-0.05, 0) is 35.0 Å². The molecule has 6 heteroatoms. The maximum atomic E-state index is 10.7. The normalized spacial score (nSPS) is 10.4. The molecule has 2 rings (SSSR count). The molecule has 0 atom stereocenters. The second-order valence-corrected chi connectivity index (χ2v) is 3.59. The van der Waals surface area contributed by atoms with Crippen molar-refractivity contribution in [3.63, 3.8) is 0 Å². The van der Waals surface area contributed by atoms with Crippen molar-refractivity contribution in [1.82, 2.24) is 20.2 Å². The molecule has 0 saturated carbocycles. The van der Waals surface area contributed by atoms with E-state index in [9.17, 15) is 4.79 Å². The van der Waals surface area contributed by atoms with Crippen molar-refractivity contribution in [1.29, 1.82) is 0 Å². The molecule has 1 aromatic carbocycles. The zero-order valence-electron chi connectivity index (χ0n) is 9.37. The lowest BCUT2D eigenvalue weighted by Gasteiger charge is -2.02. The number of hydrogen-bond acceptors (Lipinski definition) is 4. The second kappa shape index (κ2) is 4.73. The van der Waals surface area contributed by atoms with E-state index in [1.807, 2.05) is 6.92 Å². The van der Waals surface area contributed by atoms with Crippen LogP contribution in [0.1, 0.15) is 28.7 Å². The summed E-state index contributed by atoms with van der Waals surface area (Å²) in [4.78, 5) is 10.7. The van der Waals surface area contributed by atoms with E-state index in [0.717, 1.165) is 17.9 Å². The summed E-state index contributed by atoms with van der Waals surface area (Å²) in [7, 11) is 0. The number of carboxylic acids is 1. The first-order chi connectivity index (χ1) is 8.20. The lowest BCUT2D eigenvalue weighted by atomic mass is 10.1. The SMILES string of the molecule is CCn1nnnc1Cc1ccc(C(=O)O)cc1. The number of rotatable bonds is 4. The van der Waals surface area contributed by atoms with Gasteiger partial charge in [0.25, 0.3) is 0 Å². The standard InChI is InChI=1S/C11H12N4O2/c1-2-15-10(12-13-14-15)7-8-3-5-9(6-4-8)11(16)17/h3-6H,2,7H2,1H3,(H,16,17). The Kier molecular flexibility index (Phi) is 3.13. The molecule has 1 heterocycles. The third kappa shape index (κ3) is 2.47. The van der Waals surface area contributed by atoms with Gasteiger partial charge in [0.15, 0.2) is 5.82 Å². The average molecular weight is 232 g/mol. The van der Waals surface area contributed by atoms with Crippen LogP contribution >= 0.6 is 0 Å². The van der Waals surface area contributed by atoms with Crippen molar-refractivity contribution in [2.24, 2.45) is 0 Å². The zero-order valence-corrected chi connectivity index (χ0v) is 9.37. The summed E-state index contributed by atoms with van der Waals surface area (Å²) in [5.41, 5.74) is 1.27. The first-order valence-electron chi connectivity index (χ1n) is 5.28. The van der Waals surface area contributed by atoms with E-state index < -0.39 is 5.97 Å². The molecule has 0 saturated heterocycles. The van der Waals surface area contributed by atoms with Gasteiger partial charge in [-0.1, -0.05) is 12.1 Å². The molecule has 0 spiro atoms. The van der Waals surface area contributed by atoms with Gasteiger partial charge in [-0.3, -0.25) is 0 Å². The lowest BCUT2D eigenvalue weighted by molar-refractivity contribution is 0.0697. The maximum Gasteiger partial charge on any atom is 0.335 e. The maximum absolute atomic E-state index is 10.7. The van der Waals surface area contributed by atoms with Gasteiger partial charge in [0.05, 0.1) is 5.56 Å². The van der Waals surface area contributed by atoms with Crippen molar-refractivity contribution in [2.75, 3.05) is 0 Å². The van der Waals surface area contributed by atoms with Gasteiger partial charge in [0.2, 0.25) is 0 Å². The van der Waals surface area contributed by atoms with Gasteiger partial charge in [-0.15, -0.1) is 5.10 Å². The Morgan fingerprint density at radius 1 is 1.35 bits per heavy atom. The highest BCUT2D eigenvalue weighted by molar-refractivity contribution is 5.87. The van der Waals surface area contributed by atoms with Crippen molar-refractivity contribution >= 4 is 5.97 Å². The van der Waals surface area contributed by atoms with E-state index in [2.05, 4.69) is 15.5 Å². The predicted octanol–water partition coefficient (Wildman–Crippen LogP) is 0.982. The summed E-state index contributed by atoms with van der Waals surface area (Å²) in [6.45, 7) is 2.68. The molecule has 1 N–H and O–H groups in total. The van der Waals surface area contributed by atoms with Crippen molar-refractivity contribution < 1.29 is 9.90 Å². The second-order valence-electron chi connectivity index (χ2n) is 3.59. The first kappa shape index (κ1) is 11.3. The van der Waals surface area contributed by atoms with Crippen molar-refractivity contribution in [2.45, 2.75) is 19.9 Å². The average Bonchev–Trinajstić information content (AvgIpc) is 2.77. The minimum absolute atomic E-state index is 0.281. The van der Waals surface area contributed by atoms with Gasteiger partial charge >= 0.3 is 5.97 Å². The highest BCUT2D eigenvalue weighted by atomic mass is 16.4. The molecule has 0 aliphatic heterocycles. The fourth-order valence-corrected chi connectivity index (χ4v) is 1.54. The summed E-state index contributed by atoms with van der Waals surface area (Å²) in [6, 6.07) is 6.71. The van der Waals surface area contributed by atoms with Crippen LogP contribution in [0.2, 0.25) is 0 Å². The molecule has 0 fully saturated rings. The van der Waals surface area contributed by atoms with Crippen LogP contribution in [0.25, 0.3) is 0 Å². The lowest BCUT2D eigenvalue weighted by Crippen LogP contribution is -2.04. The number of nitrogens with zero attached hydrogens (tertiary/aromatic N) is 4. The monoisotopic (exact) mass is 232 g/mol. The molecule has 88 valence electrons. The number of benzene rings is 1. The van der Waals surface area contributed by atoms with Crippen LogP contribution in [-0.2, 0) is 13.0 Å². The van der Waals surface area contributed by atoms with E-state index in [1.54, 1.807) is 28.9 Å². The van der Waals surface area contributed by atoms with E-state index in [0.29, 0.717) is 6.42 Å². The number of hydrogen-bond donors (Lipinski definition) is 1. The van der Waals surface area contributed by atoms with Gasteiger partial charge < -0.3 is 5.11 Å². The zero-order chi connectivity index (χ0) is 12.3. The van der Waals surface area contributed by atoms with Gasteiger partial charge in [0, 0.05) is 13.0 Å². The Morgan fingerprint density at radius 3 is 2.65 bits per heavy atom. The van der Waals surface area contributed by atoms with Crippen LogP contribution in [0.5, 0.6) is 0 Å². The fraction of sp³-hybridized carbons (Fsp3) is 0.273. The minimum atomic E-state index is -0.921. The Balaban J connectivity index is 2.16. The Morgan fingerprint density at radius 2 is 2.06 bits per heavy atom. The number of tetrazole rings is 1. The largest absolute Gasteiger partial charge is 0.478 e. The van der Waals surface area contributed by atoms with E-state index in [-0.39, 0.29) is 5.56 Å². The molecule has 0 unspecified atom stereocenters. The summed E-state index contributed by atoms with van der Waals surface area (Å²) >= 11 is 0. The number of carbonyl (C=O) groups is 1. The Bertz CT molecular complexity index is 519. The highest BCUT2D eigenvalue weighted by Crippen LogP contribution is 2.08. The molecule has 1 aromatic heterocycles. The number of aromatic nitrogens is 4. The highest BCUT2D eigenvalue weighted by Gasteiger charge is 2.06. The molecule has 0 radical (unpaired) electrons.